The van der Waals surface area contributed by atoms with Crippen LogP contribution in [0.4, 0.5) is 4.39 Å². The van der Waals surface area contributed by atoms with Crippen molar-refractivity contribution in [1.82, 2.24) is 0 Å². The van der Waals surface area contributed by atoms with Crippen molar-refractivity contribution >= 4 is 43.1 Å². The van der Waals surface area contributed by atoms with E-state index in [4.69, 9.17) is 0 Å². The zero-order chi connectivity index (χ0) is 15.4. The fraction of sp³-hybridized carbons (Fsp3) is 0. The molecule has 0 unspecified atom stereocenters. The van der Waals surface area contributed by atoms with Gasteiger partial charge in [-0.2, -0.15) is 0 Å². The normalized spacial score (nSPS) is 11.7. The maximum atomic E-state index is 14.6. The zero-order valence-corrected chi connectivity index (χ0v) is 12.4. The first-order valence-corrected chi connectivity index (χ1v) is 7.75. The van der Waals surface area contributed by atoms with E-state index in [1.807, 2.05) is 36.4 Å². The summed E-state index contributed by atoms with van der Waals surface area (Å²) < 4.78 is 14.6. The van der Waals surface area contributed by atoms with Gasteiger partial charge in [0.05, 0.1) is 0 Å². The van der Waals surface area contributed by atoms with Gasteiger partial charge < -0.3 is 0 Å². The number of hydrogen-bond acceptors (Lipinski definition) is 0. The Bertz CT molecular complexity index is 1220. The molecule has 0 bridgehead atoms. The number of rotatable bonds is 0. The molecule has 0 aromatic heterocycles. The van der Waals surface area contributed by atoms with E-state index in [-0.39, 0.29) is 5.82 Å². The first kappa shape index (κ1) is 12.6. The molecule has 0 saturated carbocycles. The molecule has 5 aromatic rings. The second kappa shape index (κ2) is 4.53. The molecule has 0 aliphatic carbocycles. The molecule has 0 amide bonds. The average molecular weight is 296 g/mol. The van der Waals surface area contributed by atoms with E-state index in [1.165, 1.54) is 16.2 Å². The van der Waals surface area contributed by atoms with Gasteiger partial charge >= 0.3 is 0 Å². The standard InChI is InChI=1S/C22H13F/c23-21-13-20-16-9-2-1-7-14(16)15-8-3-5-11-18(15)22(20)19-12-6-4-10-17(19)21/h1-13H. The highest BCUT2D eigenvalue weighted by Gasteiger charge is 2.13. The summed E-state index contributed by atoms with van der Waals surface area (Å²) >= 11 is 0. The van der Waals surface area contributed by atoms with Crippen molar-refractivity contribution in [3.63, 3.8) is 0 Å². The van der Waals surface area contributed by atoms with Gasteiger partial charge in [-0.1, -0.05) is 72.8 Å². The number of benzene rings is 5. The lowest BCUT2D eigenvalue weighted by Crippen LogP contribution is -1.87. The first-order valence-electron chi connectivity index (χ1n) is 7.75. The van der Waals surface area contributed by atoms with Gasteiger partial charge in [0.25, 0.3) is 0 Å². The molecule has 0 aliphatic rings. The van der Waals surface area contributed by atoms with Crippen LogP contribution in [0.1, 0.15) is 0 Å². The third kappa shape index (κ3) is 1.65. The van der Waals surface area contributed by atoms with E-state index < -0.39 is 0 Å². The smallest absolute Gasteiger partial charge is 0.131 e. The summed E-state index contributed by atoms with van der Waals surface area (Å²) in [7, 11) is 0. The number of halogens is 1. The Hall–Kier alpha value is -2.93. The molecule has 0 aliphatic heterocycles. The van der Waals surface area contributed by atoms with Crippen LogP contribution < -0.4 is 0 Å². The van der Waals surface area contributed by atoms with Gasteiger partial charge in [-0.3, -0.25) is 0 Å². The van der Waals surface area contributed by atoms with Crippen LogP contribution >= 0.6 is 0 Å². The minimum Gasteiger partial charge on any atom is -0.206 e. The minimum atomic E-state index is -0.159. The van der Waals surface area contributed by atoms with Gasteiger partial charge in [0.2, 0.25) is 0 Å². The molecule has 0 saturated heterocycles. The molecular weight excluding hydrogens is 283 g/mol. The molecule has 0 atom stereocenters. The predicted molar refractivity (Wildman–Crippen MR) is 96.4 cm³/mol. The molecule has 0 fully saturated rings. The summed E-state index contributed by atoms with van der Waals surface area (Å²) in [5.41, 5.74) is 0. The maximum Gasteiger partial charge on any atom is 0.131 e. The summed E-state index contributed by atoms with van der Waals surface area (Å²) in [6.45, 7) is 0. The monoisotopic (exact) mass is 296 g/mol. The van der Waals surface area contributed by atoms with Crippen LogP contribution in [0.25, 0.3) is 43.1 Å². The van der Waals surface area contributed by atoms with Crippen LogP contribution in [-0.4, -0.2) is 0 Å². The Labute approximate surface area is 132 Å². The van der Waals surface area contributed by atoms with E-state index in [0.29, 0.717) is 5.39 Å². The van der Waals surface area contributed by atoms with Gasteiger partial charge in [-0.15, -0.1) is 0 Å². The van der Waals surface area contributed by atoms with E-state index in [0.717, 1.165) is 21.5 Å². The second-order valence-corrected chi connectivity index (χ2v) is 5.92. The minimum absolute atomic E-state index is 0.159. The van der Waals surface area contributed by atoms with Crippen LogP contribution in [-0.2, 0) is 0 Å². The highest BCUT2D eigenvalue weighted by atomic mass is 19.1. The Morgan fingerprint density at radius 3 is 1.43 bits per heavy atom. The zero-order valence-electron chi connectivity index (χ0n) is 12.4. The largest absolute Gasteiger partial charge is 0.206 e. The van der Waals surface area contributed by atoms with Crippen molar-refractivity contribution in [2.24, 2.45) is 0 Å². The third-order valence-corrected chi connectivity index (χ3v) is 4.70. The quantitative estimate of drug-likeness (QED) is 0.288. The van der Waals surface area contributed by atoms with Gasteiger partial charge in [0.15, 0.2) is 0 Å². The van der Waals surface area contributed by atoms with Crippen LogP contribution in [0.5, 0.6) is 0 Å². The Balaban J connectivity index is 2.25. The molecule has 0 heterocycles. The maximum absolute atomic E-state index is 14.6. The van der Waals surface area contributed by atoms with E-state index in [1.54, 1.807) is 6.07 Å². The molecule has 0 nitrogen and oxygen atoms in total. The molecule has 0 spiro atoms. The van der Waals surface area contributed by atoms with Crippen LogP contribution in [0, 0.1) is 5.82 Å². The number of hydrogen-bond donors (Lipinski definition) is 0. The first-order chi connectivity index (χ1) is 11.3. The molecule has 23 heavy (non-hydrogen) atoms. The fourth-order valence-corrected chi connectivity index (χ4v) is 3.72. The van der Waals surface area contributed by atoms with Gasteiger partial charge in [-0.05, 0) is 43.8 Å². The molecule has 1 heteroatoms. The summed E-state index contributed by atoms with van der Waals surface area (Å²) in [4.78, 5) is 0. The molecule has 108 valence electrons. The van der Waals surface area contributed by atoms with E-state index in [2.05, 4.69) is 36.4 Å². The fourth-order valence-electron chi connectivity index (χ4n) is 3.72. The van der Waals surface area contributed by atoms with Crippen LogP contribution in [0.3, 0.4) is 0 Å². The van der Waals surface area contributed by atoms with Crippen LogP contribution in [0.15, 0.2) is 78.9 Å². The van der Waals surface area contributed by atoms with Gasteiger partial charge in [-0.25, -0.2) is 4.39 Å². The Kier molecular flexibility index (Phi) is 2.48. The predicted octanol–water partition coefficient (Wildman–Crippen LogP) is 6.44. The Morgan fingerprint density at radius 2 is 0.826 bits per heavy atom. The van der Waals surface area contributed by atoms with Crippen molar-refractivity contribution in [2.45, 2.75) is 0 Å². The highest BCUT2D eigenvalue weighted by molar-refractivity contribution is 6.31. The van der Waals surface area contributed by atoms with Crippen molar-refractivity contribution in [2.75, 3.05) is 0 Å². The van der Waals surface area contributed by atoms with Crippen molar-refractivity contribution < 1.29 is 4.39 Å². The van der Waals surface area contributed by atoms with Crippen LogP contribution in [0.2, 0.25) is 0 Å². The molecular formula is C22H13F. The lowest BCUT2D eigenvalue weighted by molar-refractivity contribution is 0.641. The summed E-state index contributed by atoms with van der Waals surface area (Å²) in [6.07, 6.45) is 0. The number of fused-ring (bicyclic) bond motifs is 8. The SMILES string of the molecule is Fc1cc2c3ccccc3c3ccccc3c2c2ccccc12. The van der Waals surface area contributed by atoms with Gasteiger partial charge in [0, 0.05) is 5.39 Å². The van der Waals surface area contributed by atoms with E-state index >= 15 is 0 Å². The summed E-state index contributed by atoms with van der Waals surface area (Å²) in [6, 6.07) is 26.1. The third-order valence-electron chi connectivity index (χ3n) is 4.70. The Morgan fingerprint density at radius 1 is 0.435 bits per heavy atom. The van der Waals surface area contributed by atoms with Crippen molar-refractivity contribution in [3.8, 4) is 0 Å². The lowest BCUT2D eigenvalue weighted by atomic mass is 9.91. The van der Waals surface area contributed by atoms with Crippen molar-refractivity contribution in [3.05, 3.63) is 84.7 Å². The molecule has 5 rings (SSSR count). The topological polar surface area (TPSA) is 0 Å². The highest BCUT2D eigenvalue weighted by Crippen LogP contribution is 2.39. The molecule has 0 N–H and O–H groups in total. The lowest BCUT2D eigenvalue weighted by Gasteiger charge is -2.13. The summed E-state index contributed by atoms with van der Waals surface area (Å²) in [5, 5.41) is 8.44. The second-order valence-electron chi connectivity index (χ2n) is 5.92. The average Bonchev–Trinajstić information content (AvgIpc) is 2.62. The summed E-state index contributed by atoms with van der Waals surface area (Å²) in [5.74, 6) is -0.159. The van der Waals surface area contributed by atoms with Crippen molar-refractivity contribution in [1.29, 1.82) is 0 Å². The van der Waals surface area contributed by atoms with Gasteiger partial charge in [0.1, 0.15) is 5.82 Å². The molecule has 0 radical (unpaired) electrons. The van der Waals surface area contributed by atoms with E-state index in [9.17, 15) is 4.39 Å². The molecule has 5 aromatic carbocycles.